The fraction of sp³-hybridized carbons (Fsp3) is 0.375. The van der Waals surface area contributed by atoms with Crippen LogP contribution in [0, 0.1) is 6.92 Å². The van der Waals surface area contributed by atoms with Crippen molar-refractivity contribution in [3.8, 4) is 11.1 Å². The Morgan fingerprint density at radius 1 is 1.07 bits per heavy atom. The van der Waals surface area contributed by atoms with Crippen molar-refractivity contribution in [1.82, 2.24) is 4.90 Å². The van der Waals surface area contributed by atoms with Gasteiger partial charge in [0, 0.05) is 25.2 Å². The van der Waals surface area contributed by atoms with Crippen LogP contribution in [0.1, 0.15) is 11.1 Å². The summed E-state index contributed by atoms with van der Waals surface area (Å²) in [5, 5.41) is 10.6. The Kier molecular flexibility index (Phi) is 5.73. The summed E-state index contributed by atoms with van der Waals surface area (Å²) in [4.78, 5) is 2.24. The molecule has 0 unspecified atom stereocenters. The molecule has 1 aliphatic heterocycles. The van der Waals surface area contributed by atoms with Crippen LogP contribution in [0.3, 0.4) is 0 Å². The Bertz CT molecular complexity index is 1050. The predicted octanol–water partition coefficient (Wildman–Crippen LogP) is 0.851. The van der Waals surface area contributed by atoms with E-state index >= 15 is 0 Å². The molecule has 1 aliphatic rings. The molecule has 11 heteroatoms. The van der Waals surface area contributed by atoms with E-state index in [4.69, 9.17) is 15.0 Å². The maximum atomic E-state index is 12.1. The minimum absolute atomic E-state index is 0.194. The Labute approximate surface area is 162 Å². The van der Waals surface area contributed by atoms with Crippen molar-refractivity contribution in [2.24, 2.45) is 10.3 Å². The second-order valence-electron chi connectivity index (χ2n) is 6.36. The van der Waals surface area contributed by atoms with Crippen molar-refractivity contribution in [3.63, 3.8) is 0 Å². The second-order valence-corrected chi connectivity index (χ2v) is 10.9. The number of thiophene rings is 1. The SMILES string of the molecule is Cc1c(S(N)(=O)=O)sc(S(N)(=O)=O)c1-c1cccc(CN2CCOCC2)c1. The second kappa shape index (κ2) is 7.59. The highest BCUT2D eigenvalue weighted by Crippen LogP contribution is 2.40. The zero-order valence-electron chi connectivity index (χ0n) is 14.7. The van der Waals surface area contributed by atoms with E-state index in [9.17, 15) is 16.8 Å². The molecule has 1 saturated heterocycles. The summed E-state index contributed by atoms with van der Waals surface area (Å²) in [5.41, 5.74) is 2.15. The molecule has 0 saturated carbocycles. The van der Waals surface area contributed by atoms with Crippen LogP contribution in [-0.4, -0.2) is 48.0 Å². The van der Waals surface area contributed by atoms with Gasteiger partial charge in [-0.25, -0.2) is 27.1 Å². The smallest absolute Gasteiger partial charge is 0.248 e. The van der Waals surface area contributed by atoms with Gasteiger partial charge in [-0.1, -0.05) is 18.2 Å². The molecule has 1 aromatic carbocycles. The van der Waals surface area contributed by atoms with Crippen molar-refractivity contribution in [3.05, 3.63) is 35.4 Å². The van der Waals surface area contributed by atoms with Crippen LogP contribution >= 0.6 is 11.3 Å². The van der Waals surface area contributed by atoms with Crippen LogP contribution < -0.4 is 10.3 Å². The minimum atomic E-state index is -4.11. The van der Waals surface area contributed by atoms with Gasteiger partial charge in [-0.2, -0.15) is 0 Å². The van der Waals surface area contributed by atoms with Gasteiger partial charge in [0.25, 0.3) is 0 Å². The minimum Gasteiger partial charge on any atom is -0.379 e. The normalized spacial score (nSPS) is 16.6. The monoisotopic (exact) mass is 431 g/mol. The van der Waals surface area contributed by atoms with Crippen molar-refractivity contribution in [2.45, 2.75) is 21.9 Å². The van der Waals surface area contributed by atoms with Crippen molar-refractivity contribution in [1.29, 1.82) is 0 Å². The molecule has 0 bridgehead atoms. The number of nitrogens with zero attached hydrogens (tertiary/aromatic N) is 1. The van der Waals surface area contributed by atoms with Crippen LogP contribution in [0.25, 0.3) is 11.1 Å². The van der Waals surface area contributed by atoms with Gasteiger partial charge in [0.05, 0.1) is 13.2 Å². The van der Waals surface area contributed by atoms with E-state index in [0.717, 1.165) is 18.7 Å². The highest BCUT2D eigenvalue weighted by atomic mass is 32.3. The summed E-state index contributed by atoms with van der Waals surface area (Å²) in [5.74, 6) is 0. The molecule has 2 aromatic rings. The number of hydrogen-bond donors (Lipinski definition) is 2. The van der Waals surface area contributed by atoms with Crippen LogP contribution in [0.5, 0.6) is 0 Å². The molecule has 2 heterocycles. The number of benzene rings is 1. The van der Waals surface area contributed by atoms with E-state index in [1.165, 1.54) is 6.92 Å². The Hall–Kier alpha value is -1.34. The van der Waals surface area contributed by atoms with Gasteiger partial charge < -0.3 is 4.74 Å². The fourth-order valence-electron chi connectivity index (χ4n) is 3.12. The van der Waals surface area contributed by atoms with Crippen LogP contribution in [0.4, 0.5) is 0 Å². The molecule has 148 valence electrons. The molecular formula is C16H21N3O5S3. The van der Waals surface area contributed by atoms with E-state index in [2.05, 4.69) is 4.90 Å². The van der Waals surface area contributed by atoms with Crippen molar-refractivity contribution >= 4 is 31.4 Å². The summed E-state index contributed by atoms with van der Waals surface area (Å²) in [6.07, 6.45) is 0. The number of morpholine rings is 1. The summed E-state index contributed by atoms with van der Waals surface area (Å²) >= 11 is 0.583. The molecule has 0 spiro atoms. The standard InChI is InChI=1S/C16H21N3O5S3/c1-11-14(16(27(18,22)23)25-15(11)26(17,20)21)13-4-2-3-12(9-13)10-19-5-7-24-8-6-19/h2-4,9H,5-8,10H2,1H3,(H2,17,20,21)(H2,18,22,23). The van der Waals surface area contributed by atoms with E-state index in [-0.39, 0.29) is 19.5 Å². The molecule has 0 atom stereocenters. The number of sulfonamides is 2. The average Bonchev–Trinajstić information content (AvgIpc) is 2.94. The quantitative estimate of drug-likeness (QED) is 0.721. The fourth-order valence-corrected chi connectivity index (χ4v) is 6.58. The Morgan fingerprint density at radius 3 is 2.30 bits per heavy atom. The van der Waals surface area contributed by atoms with E-state index in [1.807, 2.05) is 18.2 Å². The summed E-state index contributed by atoms with van der Waals surface area (Å²) in [6.45, 7) is 5.22. The van der Waals surface area contributed by atoms with Gasteiger partial charge in [-0.15, -0.1) is 11.3 Å². The average molecular weight is 432 g/mol. The molecular weight excluding hydrogens is 410 g/mol. The molecule has 0 amide bonds. The van der Waals surface area contributed by atoms with Gasteiger partial charge in [0.1, 0.15) is 8.42 Å². The number of ether oxygens (including phenoxy) is 1. The lowest BCUT2D eigenvalue weighted by molar-refractivity contribution is 0.0342. The van der Waals surface area contributed by atoms with Crippen molar-refractivity contribution in [2.75, 3.05) is 26.3 Å². The van der Waals surface area contributed by atoms with Gasteiger partial charge in [0.2, 0.25) is 20.0 Å². The third-order valence-corrected chi connectivity index (χ3v) is 8.63. The third-order valence-electron chi connectivity index (χ3n) is 4.31. The van der Waals surface area contributed by atoms with E-state index in [1.54, 1.807) is 6.07 Å². The molecule has 0 radical (unpaired) electrons. The summed E-state index contributed by atoms with van der Waals surface area (Å²) in [6, 6.07) is 7.34. The van der Waals surface area contributed by atoms with Crippen LogP contribution in [0.2, 0.25) is 0 Å². The number of hydrogen-bond acceptors (Lipinski definition) is 7. The highest BCUT2D eigenvalue weighted by Gasteiger charge is 2.28. The first-order valence-electron chi connectivity index (χ1n) is 8.16. The molecule has 0 aliphatic carbocycles. The molecule has 27 heavy (non-hydrogen) atoms. The van der Waals surface area contributed by atoms with Gasteiger partial charge in [0.15, 0.2) is 0 Å². The van der Waals surface area contributed by atoms with Crippen LogP contribution in [-0.2, 0) is 31.3 Å². The molecule has 1 aromatic heterocycles. The lowest BCUT2D eigenvalue weighted by Crippen LogP contribution is -2.35. The third kappa shape index (κ3) is 4.57. The largest absolute Gasteiger partial charge is 0.379 e. The Balaban J connectivity index is 2.08. The lowest BCUT2D eigenvalue weighted by atomic mass is 10.0. The van der Waals surface area contributed by atoms with Gasteiger partial charge in [-0.3, -0.25) is 4.90 Å². The molecule has 3 rings (SSSR count). The number of rotatable bonds is 5. The maximum Gasteiger partial charge on any atom is 0.248 e. The first-order chi connectivity index (χ1) is 12.6. The van der Waals surface area contributed by atoms with E-state index < -0.39 is 20.0 Å². The van der Waals surface area contributed by atoms with E-state index in [0.29, 0.717) is 36.7 Å². The van der Waals surface area contributed by atoms with Gasteiger partial charge >= 0.3 is 0 Å². The Morgan fingerprint density at radius 2 is 1.70 bits per heavy atom. The van der Waals surface area contributed by atoms with Crippen LogP contribution in [0.15, 0.2) is 32.7 Å². The van der Waals surface area contributed by atoms with Crippen molar-refractivity contribution < 1.29 is 21.6 Å². The first kappa shape index (κ1) is 20.4. The lowest BCUT2D eigenvalue weighted by Gasteiger charge is -2.26. The van der Waals surface area contributed by atoms with Gasteiger partial charge in [-0.05, 0) is 29.7 Å². The number of primary sulfonamides is 2. The summed E-state index contributed by atoms with van der Waals surface area (Å²) < 4.78 is 52.7. The topological polar surface area (TPSA) is 133 Å². The molecule has 8 nitrogen and oxygen atoms in total. The molecule has 4 N–H and O–H groups in total. The highest BCUT2D eigenvalue weighted by molar-refractivity contribution is 7.94. The zero-order chi connectivity index (χ0) is 19.8. The first-order valence-corrected chi connectivity index (χ1v) is 12.1. The molecule has 1 fully saturated rings. The maximum absolute atomic E-state index is 12.1. The zero-order valence-corrected chi connectivity index (χ0v) is 17.2. The predicted molar refractivity (Wildman–Crippen MR) is 103 cm³/mol. The summed E-state index contributed by atoms with van der Waals surface area (Å²) in [7, 11) is -8.17. The number of nitrogens with two attached hydrogens (primary N) is 2.